The Morgan fingerprint density at radius 2 is 2.00 bits per heavy atom. The molecule has 1 aromatic heterocycles. The van der Waals surface area contributed by atoms with Crippen molar-refractivity contribution in [3.63, 3.8) is 0 Å². The lowest BCUT2D eigenvalue weighted by molar-refractivity contribution is -0.132. The smallest absolute Gasteiger partial charge is 0.301 e. The van der Waals surface area contributed by atoms with Crippen molar-refractivity contribution in [2.75, 3.05) is 11.5 Å². The van der Waals surface area contributed by atoms with Crippen molar-refractivity contribution in [2.24, 2.45) is 0 Å². The number of carbonyl (C=O) groups excluding carboxylic acids is 2. The third kappa shape index (κ3) is 4.27. The minimum absolute atomic E-state index is 0.00416. The van der Waals surface area contributed by atoms with Crippen LogP contribution in [0.25, 0.3) is 16.0 Å². The van der Waals surface area contributed by atoms with E-state index in [9.17, 15) is 19.8 Å². The second-order valence-corrected chi connectivity index (χ2v) is 10.8. The molecule has 0 aliphatic carbocycles. The lowest BCUT2D eigenvalue weighted by Crippen LogP contribution is -2.29. The zero-order valence-electron chi connectivity index (χ0n) is 21.0. The molecule has 2 atom stereocenters. The summed E-state index contributed by atoms with van der Waals surface area (Å²) in [7, 11) is 0. The molecular formula is C29H23ClN2O6S. The quantitative estimate of drug-likeness (QED) is 0.174. The number of Topliss-reactive ketones (excluding diaryl/α,β-unsaturated/α-hetero) is 1. The van der Waals surface area contributed by atoms with Gasteiger partial charge >= 0.3 is 5.91 Å². The normalized spacial score (nSPS) is 19.9. The average Bonchev–Trinajstić information content (AvgIpc) is 3.57. The highest BCUT2D eigenvalue weighted by Crippen LogP contribution is 2.46. The topological polar surface area (TPSA) is 109 Å². The Morgan fingerprint density at radius 3 is 2.79 bits per heavy atom. The van der Waals surface area contributed by atoms with Gasteiger partial charge in [0.15, 0.2) is 16.6 Å². The molecule has 2 aliphatic rings. The van der Waals surface area contributed by atoms with Gasteiger partial charge in [-0.15, -0.1) is 0 Å². The molecule has 0 bridgehead atoms. The molecule has 2 aliphatic heterocycles. The molecule has 8 nitrogen and oxygen atoms in total. The summed E-state index contributed by atoms with van der Waals surface area (Å²) in [5.41, 5.74) is 2.30. The second-order valence-electron chi connectivity index (χ2n) is 9.39. The van der Waals surface area contributed by atoms with Crippen molar-refractivity contribution in [1.29, 1.82) is 0 Å². The van der Waals surface area contributed by atoms with Gasteiger partial charge in [0, 0.05) is 17.0 Å². The zero-order chi connectivity index (χ0) is 27.4. The summed E-state index contributed by atoms with van der Waals surface area (Å²) in [6, 6.07) is 14.0. The first kappa shape index (κ1) is 25.2. The summed E-state index contributed by atoms with van der Waals surface area (Å²) >= 11 is 7.38. The number of ether oxygens (including phenoxy) is 2. The number of aliphatic hydroxyl groups is 1. The maximum atomic E-state index is 13.6. The fourth-order valence-electron chi connectivity index (χ4n) is 5.03. The van der Waals surface area contributed by atoms with Gasteiger partial charge in [-0.25, -0.2) is 4.98 Å². The number of carbonyl (C=O) groups is 2. The Morgan fingerprint density at radius 1 is 1.18 bits per heavy atom. The molecular weight excluding hydrogens is 540 g/mol. The highest BCUT2D eigenvalue weighted by atomic mass is 35.5. The van der Waals surface area contributed by atoms with Crippen LogP contribution in [0.3, 0.4) is 0 Å². The van der Waals surface area contributed by atoms with E-state index in [-0.39, 0.29) is 34.1 Å². The number of ketones is 1. The summed E-state index contributed by atoms with van der Waals surface area (Å²) in [5.74, 6) is -1.13. The van der Waals surface area contributed by atoms with Crippen molar-refractivity contribution >= 4 is 55.7 Å². The zero-order valence-corrected chi connectivity index (χ0v) is 22.5. The molecule has 1 fully saturated rings. The number of aromatic nitrogens is 1. The summed E-state index contributed by atoms with van der Waals surface area (Å²) in [6.45, 7) is 4.03. The standard InChI is InChI=1S/C29H23ClN2O6S/c1-3-37-22-12-15(4-8-20(22)33)25-24(26(34)16-5-9-21-17(11-16)10-14(2)38-21)27(35)28(36)32(25)29-31-19-7-6-18(30)13-23(19)39-29/h4-9,11-14,25,33-34H,3,10H2,1-2H3/t14-,25-/m1/s1. The molecule has 0 radical (unpaired) electrons. The van der Waals surface area contributed by atoms with Gasteiger partial charge in [0.25, 0.3) is 5.78 Å². The van der Waals surface area contributed by atoms with Crippen LogP contribution in [-0.2, 0) is 16.0 Å². The molecule has 6 rings (SSSR count). The van der Waals surface area contributed by atoms with Crippen LogP contribution in [-0.4, -0.2) is 39.6 Å². The maximum absolute atomic E-state index is 13.6. The number of hydrogen-bond acceptors (Lipinski definition) is 8. The minimum Gasteiger partial charge on any atom is -0.507 e. The Hall–Kier alpha value is -4.08. The molecule has 10 heteroatoms. The minimum atomic E-state index is -1.02. The van der Waals surface area contributed by atoms with E-state index in [4.69, 9.17) is 21.1 Å². The molecule has 0 saturated carbocycles. The monoisotopic (exact) mass is 562 g/mol. The van der Waals surface area contributed by atoms with Gasteiger partial charge in [-0.1, -0.05) is 29.0 Å². The van der Waals surface area contributed by atoms with Crippen LogP contribution in [0.5, 0.6) is 17.2 Å². The fraction of sp³-hybridized carbons (Fsp3) is 0.207. The van der Waals surface area contributed by atoms with E-state index < -0.39 is 17.7 Å². The molecule has 3 heterocycles. The number of nitrogens with zero attached hydrogens (tertiary/aromatic N) is 2. The molecule has 1 saturated heterocycles. The first-order valence-corrected chi connectivity index (χ1v) is 13.6. The molecule has 1 amide bonds. The number of amides is 1. The van der Waals surface area contributed by atoms with Gasteiger partial charge in [-0.2, -0.15) is 0 Å². The van der Waals surface area contributed by atoms with Crippen LogP contribution in [0.15, 0.2) is 60.2 Å². The van der Waals surface area contributed by atoms with E-state index in [0.29, 0.717) is 34.7 Å². The molecule has 0 unspecified atom stereocenters. The van der Waals surface area contributed by atoms with Crippen LogP contribution in [0.2, 0.25) is 5.02 Å². The molecule has 39 heavy (non-hydrogen) atoms. The number of halogens is 1. The van der Waals surface area contributed by atoms with Gasteiger partial charge in [-0.3, -0.25) is 14.5 Å². The van der Waals surface area contributed by atoms with Crippen molar-refractivity contribution < 1.29 is 29.3 Å². The Bertz CT molecular complexity index is 1700. The van der Waals surface area contributed by atoms with E-state index in [1.165, 1.54) is 22.3 Å². The van der Waals surface area contributed by atoms with Crippen molar-refractivity contribution in [1.82, 2.24) is 4.98 Å². The van der Waals surface area contributed by atoms with Crippen LogP contribution < -0.4 is 14.4 Å². The summed E-state index contributed by atoms with van der Waals surface area (Å²) in [6.07, 6.45) is 0.669. The van der Waals surface area contributed by atoms with E-state index in [2.05, 4.69) is 4.98 Å². The number of phenolic OH excluding ortho intramolecular Hbond substituents is 1. The van der Waals surface area contributed by atoms with Gasteiger partial charge in [-0.05, 0) is 73.5 Å². The van der Waals surface area contributed by atoms with Crippen molar-refractivity contribution in [3.8, 4) is 17.2 Å². The molecule has 4 aromatic rings. The largest absolute Gasteiger partial charge is 0.507 e. The van der Waals surface area contributed by atoms with Gasteiger partial charge in [0.1, 0.15) is 17.6 Å². The molecule has 2 N–H and O–H groups in total. The van der Waals surface area contributed by atoms with Crippen molar-refractivity contribution in [2.45, 2.75) is 32.4 Å². The Kier molecular flexibility index (Phi) is 6.20. The van der Waals surface area contributed by atoms with Crippen LogP contribution in [0.1, 0.15) is 36.6 Å². The first-order chi connectivity index (χ1) is 18.7. The number of thiazole rings is 1. The highest BCUT2D eigenvalue weighted by Gasteiger charge is 2.48. The number of phenols is 1. The Balaban J connectivity index is 1.55. The molecule has 3 aromatic carbocycles. The molecule has 0 spiro atoms. The van der Waals surface area contributed by atoms with Crippen molar-refractivity contribution in [3.05, 3.63) is 81.9 Å². The van der Waals surface area contributed by atoms with E-state index in [1.807, 2.05) is 6.92 Å². The number of benzene rings is 3. The number of hydrogen-bond donors (Lipinski definition) is 2. The van der Waals surface area contributed by atoms with Gasteiger partial charge in [0.05, 0.1) is 28.4 Å². The molecule has 198 valence electrons. The van der Waals surface area contributed by atoms with Gasteiger partial charge in [0.2, 0.25) is 0 Å². The first-order valence-electron chi connectivity index (χ1n) is 12.4. The lowest BCUT2D eigenvalue weighted by atomic mass is 9.94. The third-order valence-corrected chi connectivity index (χ3v) is 8.01. The average molecular weight is 563 g/mol. The SMILES string of the molecule is CCOc1cc([C@@H]2C(=C(O)c3ccc4c(c3)C[C@@H](C)O4)C(=O)C(=O)N2c2nc3ccc(Cl)cc3s2)ccc1O. The number of aliphatic hydroxyl groups excluding tert-OH is 1. The summed E-state index contributed by atoms with van der Waals surface area (Å²) < 4.78 is 12.1. The predicted octanol–water partition coefficient (Wildman–Crippen LogP) is 6.00. The van der Waals surface area contributed by atoms with Crippen LogP contribution in [0, 0.1) is 0 Å². The number of rotatable bonds is 5. The third-order valence-electron chi connectivity index (χ3n) is 6.76. The van der Waals surface area contributed by atoms with E-state index >= 15 is 0 Å². The Labute approximate surface area is 232 Å². The van der Waals surface area contributed by atoms with Crippen LogP contribution >= 0.6 is 22.9 Å². The summed E-state index contributed by atoms with van der Waals surface area (Å²) in [5, 5.41) is 22.6. The van der Waals surface area contributed by atoms with E-state index in [1.54, 1.807) is 55.5 Å². The number of fused-ring (bicyclic) bond motifs is 2. The fourth-order valence-corrected chi connectivity index (χ4v) is 6.30. The lowest BCUT2D eigenvalue weighted by Gasteiger charge is -2.23. The van der Waals surface area contributed by atoms with Crippen LogP contribution in [0.4, 0.5) is 5.13 Å². The predicted molar refractivity (Wildman–Crippen MR) is 149 cm³/mol. The second kappa shape index (κ2) is 9.59. The van der Waals surface area contributed by atoms with E-state index in [0.717, 1.165) is 16.0 Å². The highest BCUT2D eigenvalue weighted by molar-refractivity contribution is 7.22. The maximum Gasteiger partial charge on any atom is 0.301 e. The van der Waals surface area contributed by atoms with Gasteiger partial charge < -0.3 is 19.7 Å². The number of anilines is 1. The summed E-state index contributed by atoms with van der Waals surface area (Å²) in [4.78, 5) is 33.0. The number of aromatic hydroxyl groups is 1.